The maximum Gasteiger partial charge on any atom is 0.419 e. The van der Waals surface area contributed by atoms with E-state index >= 15 is 0 Å². The van der Waals surface area contributed by atoms with E-state index in [4.69, 9.17) is 4.42 Å². The Kier molecular flexibility index (Phi) is 3.43. The van der Waals surface area contributed by atoms with Gasteiger partial charge in [-0.15, -0.1) is 0 Å². The minimum absolute atomic E-state index is 0.155. The van der Waals surface area contributed by atoms with Crippen LogP contribution in [0.15, 0.2) is 50.1 Å². The average molecular weight is 352 g/mol. The number of rotatable bonds is 2. The van der Waals surface area contributed by atoms with Gasteiger partial charge in [0, 0.05) is 12.6 Å². The number of hydrogen-bond acceptors (Lipinski definition) is 3. The molecule has 0 saturated heterocycles. The van der Waals surface area contributed by atoms with E-state index < -0.39 is 17.7 Å². The number of hydrogen-bond donors (Lipinski definition) is 1. The molecular formula is C15H11BrFNO3. The summed E-state index contributed by atoms with van der Waals surface area (Å²) in [5.41, 5.74) is 1.58. The summed E-state index contributed by atoms with van der Waals surface area (Å²) >= 11 is 3.09. The van der Waals surface area contributed by atoms with E-state index in [-0.39, 0.29) is 10.0 Å². The van der Waals surface area contributed by atoms with Crippen molar-refractivity contribution in [3.63, 3.8) is 0 Å². The fraction of sp³-hybridized carbons (Fsp3) is 0.133. The van der Waals surface area contributed by atoms with E-state index in [9.17, 15) is 14.3 Å². The van der Waals surface area contributed by atoms with Gasteiger partial charge >= 0.3 is 5.76 Å². The fourth-order valence-electron chi connectivity index (χ4n) is 2.23. The third kappa shape index (κ3) is 2.30. The number of aliphatic hydroxyl groups is 1. The molecule has 4 nitrogen and oxygen atoms in total. The molecule has 1 heterocycles. The van der Waals surface area contributed by atoms with Gasteiger partial charge in [-0.1, -0.05) is 18.2 Å². The monoisotopic (exact) mass is 351 g/mol. The van der Waals surface area contributed by atoms with Crippen LogP contribution in [0.25, 0.3) is 11.1 Å². The molecule has 21 heavy (non-hydrogen) atoms. The molecule has 1 aromatic heterocycles. The summed E-state index contributed by atoms with van der Waals surface area (Å²) in [6.45, 7) is 0. The number of oxazole rings is 1. The van der Waals surface area contributed by atoms with Gasteiger partial charge in [-0.2, -0.15) is 0 Å². The van der Waals surface area contributed by atoms with Gasteiger partial charge in [0.05, 0.1) is 9.99 Å². The molecule has 2 aromatic carbocycles. The van der Waals surface area contributed by atoms with E-state index in [2.05, 4.69) is 15.9 Å². The summed E-state index contributed by atoms with van der Waals surface area (Å²) in [6, 6.07) is 9.56. The molecule has 0 saturated carbocycles. The number of aliphatic hydroxyl groups excluding tert-OH is 1. The van der Waals surface area contributed by atoms with Crippen molar-refractivity contribution < 1.29 is 13.9 Å². The zero-order valence-corrected chi connectivity index (χ0v) is 12.6. The van der Waals surface area contributed by atoms with Crippen LogP contribution in [0, 0.1) is 5.82 Å². The van der Waals surface area contributed by atoms with Gasteiger partial charge in [-0.05, 0) is 39.7 Å². The van der Waals surface area contributed by atoms with Crippen LogP contribution in [-0.4, -0.2) is 9.67 Å². The van der Waals surface area contributed by atoms with Crippen LogP contribution >= 0.6 is 15.9 Å². The first-order valence-electron chi connectivity index (χ1n) is 6.20. The molecule has 0 spiro atoms. The lowest BCUT2D eigenvalue weighted by molar-refractivity contribution is 0.215. The lowest BCUT2D eigenvalue weighted by Gasteiger charge is -2.13. The number of nitrogens with zero attached hydrogens (tertiary/aromatic N) is 1. The Bertz CT molecular complexity index is 884. The smallest absolute Gasteiger partial charge is 0.408 e. The van der Waals surface area contributed by atoms with Gasteiger partial charge in [-0.3, -0.25) is 4.57 Å². The van der Waals surface area contributed by atoms with E-state index in [0.717, 1.165) is 0 Å². The first-order valence-corrected chi connectivity index (χ1v) is 7.00. The largest absolute Gasteiger partial charge is 0.419 e. The molecule has 1 unspecified atom stereocenters. The van der Waals surface area contributed by atoms with Crippen LogP contribution in [0.1, 0.15) is 17.2 Å². The zero-order valence-electron chi connectivity index (χ0n) is 11.0. The third-order valence-electron chi connectivity index (χ3n) is 3.41. The molecule has 3 rings (SSSR count). The molecular weight excluding hydrogens is 341 g/mol. The minimum Gasteiger partial charge on any atom is -0.408 e. The number of halogens is 2. The van der Waals surface area contributed by atoms with Crippen molar-refractivity contribution in [1.82, 2.24) is 4.57 Å². The molecule has 1 atom stereocenters. The van der Waals surface area contributed by atoms with Crippen LogP contribution in [0.5, 0.6) is 0 Å². The molecule has 6 heteroatoms. The molecule has 108 valence electrons. The van der Waals surface area contributed by atoms with Crippen molar-refractivity contribution in [2.75, 3.05) is 0 Å². The van der Waals surface area contributed by atoms with Crippen LogP contribution in [0.4, 0.5) is 4.39 Å². The Morgan fingerprint density at radius 2 is 2.10 bits per heavy atom. The summed E-state index contributed by atoms with van der Waals surface area (Å²) in [4.78, 5) is 11.5. The predicted octanol–water partition coefficient (Wildman–Crippen LogP) is 3.11. The van der Waals surface area contributed by atoms with E-state index in [1.807, 2.05) is 0 Å². The maximum absolute atomic E-state index is 14.0. The van der Waals surface area contributed by atoms with Gasteiger partial charge in [0.25, 0.3) is 0 Å². The summed E-state index contributed by atoms with van der Waals surface area (Å²) in [5, 5.41) is 10.3. The maximum atomic E-state index is 14.0. The number of aryl methyl sites for hydroxylation is 1. The lowest BCUT2D eigenvalue weighted by atomic mass is 10.0. The summed E-state index contributed by atoms with van der Waals surface area (Å²) in [5.74, 6) is -0.995. The number of benzene rings is 2. The standard InChI is InChI=1S/C15H11BrFNO3/c1-18-11-6-5-8(7-12(11)21-15(18)20)14(19)9-3-2-4-10(16)13(9)17/h2-7,14,19H,1H3. The SMILES string of the molecule is Cn1c(=O)oc2cc(C(O)c3cccc(Br)c3F)ccc21. The highest BCUT2D eigenvalue weighted by atomic mass is 79.9. The van der Waals surface area contributed by atoms with Crippen LogP contribution in [0.2, 0.25) is 0 Å². The number of fused-ring (bicyclic) bond motifs is 1. The van der Waals surface area contributed by atoms with Crippen LogP contribution in [-0.2, 0) is 7.05 Å². The van der Waals surface area contributed by atoms with Gasteiger partial charge in [0.2, 0.25) is 0 Å². The molecule has 0 radical (unpaired) electrons. The molecule has 0 aliphatic carbocycles. The van der Waals surface area contributed by atoms with Gasteiger partial charge in [-0.25, -0.2) is 9.18 Å². The molecule has 0 aliphatic heterocycles. The van der Waals surface area contributed by atoms with Gasteiger partial charge in [0.1, 0.15) is 11.9 Å². The molecule has 1 N–H and O–H groups in total. The second-order valence-corrected chi connectivity index (χ2v) is 5.55. The Hall–Kier alpha value is -1.92. The highest BCUT2D eigenvalue weighted by Gasteiger charge is 2.18. The van der Waals surface area contributed by atoms with Crippen molar-refractivity contribution in [3.05, 3.63) is 68.4 Å². The highest BCUT2D eigenvalue weighted by molar-refractivity contribution is 9.10. The average Bonchev–Trinajstić information content (AvgIpc) is 2.76. The quantitative estimate of drug-likeness (QED) is 0.771. The lowest BCUT2D eigenvalue weighted by Crippen LogP contribution is -2.08. The summed E-state index contributed by atoms with van der Waals surface area (Å²) < 4.78 is 20.8. The molecule has 3 aromatic rings. The van der Waals surface area contributed by atoms with Crippen molar-refractivity contribution in [2.45, 2.75) is 6.10 Å². The summed E-state index contributed by atoms with van der Waals surface area (Å²) in [7, 11) is 1.60. The van der Waals surface area contributed by atoms with Crippen LogP contribution < -0.4 is 5.76 Å². The normalized spacial score (nSPS) is 12.8. The summed E-state index contributed by atoms with van der Waals surface area (Å²) in [6.07, 6.45) is -1.14. The van der Waals surface area contributed by atoms with Crippen molar-refractivity contribution in [3.8, 4) is 0 Å². The second kappa shape index (κ2) is 5.13. The molecule has 0 amide bonds. The zero-order chi connectivity index (χ0) is 15.1. The van der Waals surface area contributed by atoms with Gasteiger partial charge < -0.3 is 9.52 Å². The third-order valence-corrected chi connectivity index (χ3v) is 4.02. The number of aromatic nitrogens is 1. The Balaban J connectivity index is 2.11. The topological polar surface area (TPSA) is 55.4 Å². The fourth-order valence-corrected chi connectivity index (χ4v) is 2.61. The minimum atomic E-state index is -1.14. The van der Waals surface area contributed by atoms with E-state index in [1.54, 1.807) is 37.4 Å². The van der Waals surface area contributed by atoms with E-state index in [1.165, 1.54) is 10.6 Å². The van der Waals surface area contributed by atoms with Crippen LogP contribution in [0.3, 0.4) is 0 Å². The van der Waals surface area contributed by atoms with Crippen molar-refractivity contribution in [1.29, 1.82) is 0 Å². The molecule has 0 aliphatic rings. The molecule has 0 bridgehead atoms. The predicted molar refractivity (Wildman–Crippen MR) is 79.6 cm³/mol. The Labute approximate surface area is 127 Å². The first-order chi connectivity index (χ1) is 9.99. The second-order valence-electron chi connectivity index (χ2n) is 4.70. The Morgan fingerprint density at radius 1 is 1.33 bits per heavy atom. The van der Waals surface area contributed by atoms with Gasteiger partial charge in [0.15, 0.2) is 5.58 Å². The molecule has 0 fully saturated rings. The van der Waals surface area contributed by atoms with Crippen molar-refractivity contribution >= 4 is 27.0 Å². The van der Waals surface area contributed by atoms with E-state index in [0.29, 0.717) is 16.7 Å². The van der Waals surface area contributed by atoms with Crippen molar-refractivity contribution in [2.24, 2.45) is 7.05 Å². The highest BCUT2D eigenvalue weighted by Crippen LogP contribution is 2.29. The first kappa shape index (κ1) is 14.0. The Morgan fingerprint density at radius 3 is 2.86 bits per heavy atom.